The summed E-state index contributed by atoms with van der Waals surface area (Å²) in [5.41, 5.74) is 0.924. The summed E-state index contributed by atoms with van der Waals surface area (Å²) < 4.78 is 36.5. The van der Waals surface area contributed by atoms with E-state index in [1.54, 1.807) is 19.1 Å². The number of rotatable bonds is 9. The molecule has 0 radical (unpaired) electrons. The standard InChI is InChI=1S/C16H23NO6S/c1-4-23-15(18)7-5-6-14(16(19)22-3)17-24(20,21)13-10-8-12(2)9-11-13/h8-11,14,17H,4-7H2,1-3H3/t14-/m0/s1. The van der Waals surface area contributed by atoms with E-state index in [1.807, 2.05) is 6.92 Å². The fraction of sp³-hybridized carbons (Fsp3) is 0.500. The average molecular weight is 357 g/mol. The van der Waals surface area contributed by atoms with E-state index in [2.05, 4.69) is 9.46 Å². The van der Waals surface area contributed by atoms with Gasteiger partial charge in [-0.3, -0.25) is 9.59 Å². The van der Waals surface area contributed by atoms with Gasteiger partial charge < -0.3 is 9.47 Å². The highest BCUT2D eigenvalue weighted by molar-refractivity contribution is 7.89. The van der Waals surface area contributed by atoms with Gasteiger partial charge in [0.2, 0.25) is 10.0 Å². The van der Waals surface area contributed by atoms with Gasteiger partial charge in [-0.1, -0.05) is 17.7 Å². The number of methoxy groups -OCH3 is 1. The van der Waals surface area contributed by atoms with E-state index in [-0.39, 0.29) is 30.3 Å². The molecule has 7 nitrogen and oxygen atoms in total. The van der Waals surface area contributed by atoms with Crippen molar-refractivity contribution in [2.45, 2.75) is 44.0 Å². The molecule has 0 aliphatic carbocycles. The quantitative estimate of drug-likeness (QED) is 0.673. The number of hydrogen-bond donors (Lipinski definition) is 1. The van der Waals surface area contributed by atoms with Gasteiger partial charge in [0.15, 0.2) is 0 Å². The zero-order chi connectivity index (χ0) is 18.2. The summed E-state index contributed by atoms with van der Waals surface area (Å²) >= 11 is 0. The largest absolute Gasteiger partial charge is 0.468 e. The minimum Gasteiger partial charge on any atom is -0.468 e. The molecule has 1 aromatic rings. The van der Waals surface area contributed by atoms with Crippen molar-refractivity contribution in [2.24, 2.45) is 0 Å². The van der Waals surface area contributed by atoms with Crippen molar-refractivity contribution < 1.29 is 27.5 Å². The molecule has 8 heteroatoms. The Balaban J connectivity index is 2.76. The van der Waals surface area contributed by atoms with Crippen LogP contribution in [-0.4, -0.2) is 40.1 Å². The molecule has 1 aromatic carbocycles. The number of esters is 2. The van der Waals surface area contributed by atoms with Crippen LogP contribution in [0.3, 0.4) is 0 Å². The van der Waals surface area contributed by atoms with Crippen LogP contribution in [0.1, 0.15) is 31.7 Å². The Morgan fingerprint density at radius 2 is 1.83 bits per heavy atom. The van der Waals surface area contributed by atoms with E-state index < -0.39 is 22.0 Å². The lowest BCUT2D eigenvalue weighted by molar-refractivity contribution is -0.145. The zero-order valence-corrected chi connectivity index (χ0v) is 14.9. The molecule has 0 aromatic heterocycles. The van der Waals surface area contributed by atoms with Crippen LogP contribution < -0.4 is 4.72 Å². The van der Waals surface area contributed by atoms with Crippen LogP contribution in [0.2, 0.25) is 0 Å². The van der Waals surface area contributed by atoms with Gasteiger partial charge in [-0.05, 0) is 38.8 Å². The highest BCUT2D eigenvalue weighted by atomic mass is 32.2. The van der Waals surface area contributed by atoms with Crippen molar-refractivity contribution in [3.63, 3.8) is 0 Å². The molecular formula is C16H23NO6S. The van der Waals surface area contributed by atoms with Crippen LogP contribution >= 0.6 is 0 Å². The minimum absolute atomic E-state index is 0.0624. The van der Waals surface area contributed by atoms with Gasteiger partial charge >= 0.3 is 11.9 Å². The lowest BCUT2D eigenvalue weighted by Gasteiger charge is -2.16. The third-order valence-electron chi connectivity index (χ3n) is 3.29. The smallest absolute Gasteiger partial charge is 0.323 e. The SMILES string of the molecule is CCOC(=O)CCC[C@H](NS(=O)(=O)c1ccc(C)cc1)C(=O)OC. The first-order chi connectivity index (χ1) is 11.3. The average Bonchev–Trinajstić information content (AvgIpc) is 2.53. The van der Waals surface area contributed by atoms with Gasteiger partial charge in [0.1, 0.15) is 6.04 Å². The van der Waals surface area contributed by atoms with Crippen LogP contribution in [-0.2, 0) is 29.1 Å². The summed E-state index contributed by atoms with van der Waals surface area (Å²) in [6.45, 7) is 3.82. The molecule has 1 atom stereocenters. The summed E-state index contributed by atoms with van der Waals surface area (Å²) in [4.78, 5) is 23.2. The second-order valence-corrected chi connectivity index (χ2v) is 6.92. The Morgan fingerprint density at radius 1 is 1.21 bits per heavy atom. The van der Waals surface area contributed by atoms with Crippen molar-refractivity contribution >= 4 is 22.0 Å². The summed E-state index contributed by atoms with van der Waals surface area (Å²) in [6, 6.07) is 5.20. The minimum atomic E-state index is -3.86. The second kappa shape index (κ2) is 9.39. The molecule has 0 fully saturated rings. The van der Waals surface area contributed by atoms with Crippen LogP contribution in [0.15, 0.2) is 29.2 Å². The van der Waals surface area contributed by atoms with Crippen LogP contribution in [0.25, 0.3) is 0 Å². The Bertz CT molecular complexity index is 654. The summed E-state index contributed by atoms with van der Waals surface area (Å²) in [6.07, 6.45) is 0.541. The molecule has 134 valence electrons. The molecule has 0 saturated carbocycles. The summed E-state index contributed by atoms with van der Waals surface area (Å²) in [5.74, 6) is -1.09. The Labute approximate surface area is 142 Å². The molecule has 0 bridgehead atoms. The van der Waals surface area contributed by atoms with E-state index in [9.17, 15) is 18.0 Å². The van der Waals surface area contributed by atoms with Crippen molar-refractivity contribution in [3.05, 3.63) is 29.8 Å². The van der Waals surface area contributed by atoms with E-state index >= 15 is 0 Å². The van der Waals surface area contributed by atoms with Crippen molar-refractivity contribution in [2.75, 3.05) is 13.7 Å². The first-order valence-corrected chi connectivity index (χ1v) is 9.11. The molecule has 0 heterocycles. The molecule has 0 amide bonds. The van der Waals surface area contributed by atoms with Crippen molar-refractivity contribution in [1.82, 2.24) is 4.72 Å². The van der Waals surface area contributed by atoms with Crippen molar-refractivity contribution in [3.8, 4) is 0 Å². The molecule has 0 unspecified atom stereocenters. The fourth-order valence-electron chi connectivity index (χ4n) is 2.02. The molecule has 0 spiro atoms. The fourth-order valence-corrected chi connectivity index (χ4v) is 3.24. The Morgan fingerprint density at radius 3 is 2.38 bits per heavy atom. The Hall–Kier alpha value is -1.93. The normalized spacial score (nSPS) is 12.5. The van der Waals surface area contributed by atoms with Crippen LogP contribution in [0.5, 0.6) is 0 Å². The lowest BCUT2D eigenvalue weighted by atomic mass is 10.1. The molecule has 1 rings (SSSR count). The van der Waals surface area contributed by atoms with Gasteiger partial charge in [0, 0.05) is 6.42 Å². The predicted octanol–water partition coefficient (Wildman–Crippen LogP) is 1.55. The van der Waals surface area contributed by atoms with E-state index in [0.29, 0.717) is 6.42 Å². The predicted molar refractivity (Wildman–Crippen MR) is 87.8 cm³/mol. The molecular weight excluding hydrogens is 334 g/mol. The number of carbonyl (C=O) groups excluding carboxylic acids is 2. The van der Waals surface area contributed by atoms with E-state index in [1.165, 1.54) is 19.2 Å². The first kappa shape index (κ1) is 20.1. The zero-order valence-electron chi connectivity index (χ0n) is 14.1. The number of hydrogen-bond acceptors (Lipinski definition) is 6. The number of carbonyl (C=O) groups is 2. The third kappa shape index (κ3) is 6.29. The molecule has 24 heavy (non-hydrogen) atoms. The highest BCUT2D eigenvalue weighted by Gasteiger charge is 2.26. The van der Waals surface area contributed by atoms with Gasteiger partial charge in [0.25, 0.3) is 0 Å². The van der Waals surface area contributed by atoms with Crippen LogP contribution in [0, 0.1) is 6.92 Å². The van der Waals surface area contributed by atoms with Gasteiger partial charge in [-0.2, -0.15) is 4.72 Å². The lowest BCUT2D eigenvalue weighted by Crippen LogP contribution is -2.41. The van der Waals surface area contributed by atoms with Gasteiger partial charge in [-0.25, -0.2) is 8.42 Å². The summed E-state index contributed by atoms with van der Waals surface area (Å²) in [7, 11) is -2.68. The Kier molecular flexibility index (Phi) is 7.87. The maximum atomic E-state index is 12.4. The highest BCUT2D eigenvalue weighted by Crippen LogP contribution is 2.13. The van der Waals surface area contributed by atoms with Gasteiger partial charge in [0.05, 0.1) is 18.6 Å². The van der Waals surface area contributed by atoms with Crippen LogP contribution in [0.4, 0.5) is 0 Å². The number of sulfonamides is 1. The first-order valence-electron chi connectivity index (χ1n) is 7.62. The van der Waals surface area contributed by atoms with E-state index in [4.69, 9.17) is 4.74 Å². The maximum absolute atomic E-state index is 12.4. The van der Waals surface area contributed by atoms with Gasteiger partial charge in [-0.15, -0.1) is 0 Å². The molecule has 0 aliphatic heterocycles. The monoisotopic (exact) mass is 357 g/mol. The number of ether oxygens (including phenoxy) is 2. The maximum Gasteiger partial charge on any atom is 0.323 e. The molecule has 0 aliphatic rings. The van der Waals surface area contributed by atoms with Crippen molar-refractivity contribution in [1.29, 1.82) is 0 Å². The topological polar surface area (TPSA) is 98.8 Å². The molecule has 0 saturated heterocycles. The number of aryl methyl sites for hydroxylation is 1. The second-order valence-electron chi connectivity index (χ2n) is 5.21. The third-order valence-corrected chi connectivity index (χ3v) is 4.78. The number of nitrogens with one attached hydrogen (secondary N) is 1. The van der Waals surface area contributed by atoms with E-state index in [0.717, 1.165) is 5.56 Å². The number of benzene rings is 1. The summed E-state index contributed by atoms with van der Waals surface area (Å²) in [5, 5.41) is 0. The molecule has 1 N–H and O–H groups in total.